The molecule has 0 bridgehead atoms. The fraction of sp³-hybridized carbons (Fsp3) is 0.111. The van der Waals surface area contributed by atoms with E-state index in [-0.39, 0.29) is 21.8 Å². The Morgan fingerprint density at radius 2 is 1.74 bits per heavy atom. The molecule has 5 aromatic rings. The number of hydrogen-bond donors (Lipinski definition) is 1. The molecule has 0 aliphatic carbocycles. The van der Waals surface area contributed by atoms with Crippen molar-refractivity contribution in [2.75, 3.05) is 7.11 Å². The second kappa shape index (κ2) is 9.18. The van der Waals surface area contributed by atoms with Crippen LogP contribution in [0.1, 0.15) is 21.5 Å². The van der Waals surface area contributed by atoms with E-state index in [0.29, 0.717) is 27.8 Å². The maximum atomic E-state index is 13.2. The fourth-order valence-corrected chi connectivity index (χ4v) is 5.68. The molecule has 194 valence electrons. The number of H-pyrrole nitrogens is 1. The number of benzene rings is 2. The molecule has 5 rings (SSSR count). The summed E-state index contributed by atoms with van der Waals surface area (Å²) < 4.78 is 72.1. The number of esters is 1. The Morgan fingerprint density at radius 1 is 1.00 bits per heavy atom. The van der Waals surface area contributed by atoms with Gasteiger partial charge in [0.1, 0.15) is 0 Å². The third kappa shape index (κ3) is 4.24. The van der Waals surface area contributed by atoms with Gasteiger partial charge < -0.3 is 9.72 Å². The van der Waals surface area contributed by atoms with Crippen molar-refractivity contribution in [1.82, 2.24) is 13.9 Å². The number of methoxy groups -OCH3 is 1. The molecule has 0 atom stereocenters. The average molecular weight is 540 g/mol. The van der Waals surface area contributed by atoms with Crippen LogP contribution >= 0.6 is 0 Å². The Morgan fingerprint density at radius 3 is 2.39 bits per heavy atom. The van der Waals surface area contributed by atoms with E-state index in [9.17, 15) is 26.4 Å². The van der Waals surface area contributed by atoms with Crippen LogP contribution < -0.4 is 0 Å². The minimum Gasteiger partial charge on any atom is -0.465 e. The quantitative estimate of drug-likeness (QED) is 0.275. The first-order valence-electron chi connectivity index (χ1n) is 11.3. The lowest BCUT2D eigenvalue weighted by Gasteiger charge is -2.11. The molecule has 3 heterocycles. The van der Waals surface area contributed by atoms with E-state index < -0.39 is 27.7 Å². The number of halogens is 3. The highest BCUT2D eigenvalue weighted by atomic mass is 32.2. The van der Waals surface area contributed by atoms with Crippen LogP contribution in [0, 0.1) is 6.92 Å². The molecule has 0 spiro atoms. The summed E-state index contributed by atoms with van der Waals surface area (Å²) in [6.07, 6.45) is -1.67. The number of aryl methyl sites for hydroxylation is 1. The largest absolute Gasteiger partial charge is 0.465 e. The van der Waals surface area contributed by atoms with Gasteiger partial charge in [-0.15, -0.1) is 0 Å². The molecular formula is C27H20F3N3O4S. The van der Waals surface area contributed by atoms with Gasteiger partial charge in [-0.3, -0.25) is 0 Å². The van der Waals surface area contributed by atoms with Crippen molar-refractivity contribution >= 4 is 27.0 Å². The number of fused-ring (bicyclic) bond motifs is 1. The molecule has 0 amide bonds. The molecular weight excluding hydrogens is 519 g/mol. The highest BCUT2D eigenvalue weighted by Gasteiger charge is 2.31. The number of nitrogens with one attached hydrogen (secondary N) is 1. The summed E-state index contributed by atoms with van der Waals surface area (Å²) in [6.45, 7) is 1.52. The maximum absolute atomic E-state index is 13.2. The van der Waals surface area contributed by atoms with E-state index in [1.54, 1.807) is 30.3 Å². The zero-order valence-corrected chi connectivity index (χ0v) is 20.9. The first-order chi connectivity index (χ1) is 18.0. The van der Waals surface area contributed by atoms with Gasteiger partial charge in [0.25, 0.3) is 10.0 Å². The lowest BCUT2D eigenvalue weighted by atomic mass is 10.00. The molecule has 11 heteroatoms. The van der Waals surface area contributed by atoms with Gasteiger partial charge in [0, 0.05) is 34.6 Å². The number of rotatable bonds is 5. The zero-order chi connectivity index (χ0) is 27.2. The van der Waals surface area contributed by atoms with E-state index in [0.717, 1.165) is 16.1 Å². The maximum Gasteiger partial charge on any atom is 0.416 e. The summed E-state index contributed by atoms with van der Waals surface area (Å²) in [5, 5.41) is 0.486. The van der Waals surface area contributed by atoms with Crippen molar-refractivity contribution in [1.29, 1.82) is 0 Å². The Balaban J connectivity index is 1.67. The standard InChI is InChI=1S/C27H20F3N3O4S/c1-16-14-17(27(28,29)30)8-9-19(16)24-22(26(34)37-2)15-23(32-24)20-10-12-31-25-21(20)11-13-33(25)38(35,36)18-6-4-3-5-7-18/h3-15,32H,1-2H3. The van der Waals surface area contributed by atoms with Crippen molar-refractivity contribution in [3.63, 3.8) is 0 Å². The Bertz CT molecular complexity index is 1790. The number of alkyl halides is 3. The average Bonchev–Trinajstić information content (AvgIpc) is 3.53. The van der Waals surface area contributed by atoms with Crippen LogP contribution in [0.2, 0.25) is 0 Å². The summed E-state index contributed by atoms with van der Waals surface area (Å²) in [5.41, 5.74) is 1.43. The Hall–Kier alpha value is -4.38. The summed E-state index contributed by atoms with van der Waals surface area (Å²) in [6, 6.07) is 15.9. The molecule has 0 unspecified atom stereocenters. The number of carbonyl (C=O) groups is 1. The second-order valence-corrected chi connectivity index (χ2v) is 10.3. The van der Waals surface area contributed by atoms with Gasteiger partial charge >= 0.3 is 12.1 Å². The van der Waals surface area contributed by atoms with Gasteiger partial charge in [0.05, 0.1) is 28.8 Å². The van der Waals surface area contributed by atoms with Crippen LogP contribution in [0.3, 0.4) is 0 Å². The number of nitrogens with zero attached hydrogens (tertiary/aromatic N) is 2. The third-order valence-electron chi connectivity index (χ3n) is 6.19. The van der Waals surface area contributed by atoms with Crippen molar-refractivity contribution in [2.45, 2.75) is 18.0 Å². The van der Waals surface area contributed by atoms with Gasteiger partial charge in [0.15, 0.2) is 5.65 Å². The van der Waals surface area contributed by atoms with Crippen LogP contribution in [-0.4, -0.2) is 35.4 Å². The lowest BCUT2D eigenvalue weighted by Crippen LogP contribution is -2.12. The number of hydrogen-bond acceptors (Lipinski definition) is 5. The second-order valence-electron chi connectivity index (χ2n) is 8.52. The lowest BCUT2D eigenvalue weighted by molar-refractivity contribution is -0.137. The van der Waals surface area contributed by atoms with Crippen molar-refractivity contribution < 1.29 is 31.1 Å². The van der Waals surface area contributed by atoms with Crippen LogP contribution in [-0.2, 0) is 20.9 Å². The van der Waals surface area contributed by atoms with Gasteiger partial charge in [-0.1, -0.05) is 24.3 Å². The van der Waals surface area contributed by atoms with E-state index >= 15 is 0 Å². The SMILES string of the molecule is COC(=O)c1cc(-c2ccnc3c2ccn3S(=O)(=O)c2ccccc2)[nH]c1-c1ccc(C(F)(F)F)cc1C. The van der Waals surface area contributed by atoms with Gasteiger partial charge in [-0.05, 0) is 55.0 Å². The number of ether oxygens (including phenoxy) is 1. The van der Waals surface area contributed by atoms with E-state index in [2.05, 4.69) is 9.97 Å². The number of pyridine rings is 1. The Kier molecular flexibility index (Phi) is 6.10. The molecule has 3 aromatic heterocycles. The summed E-state index contributed by atoms with van der Waals surface area (Å²) in [5.74, 6) is -0.684. The van der Waals surface area contributed by atoms with Gasteiger partial charge in [0.2, 0.25) is 0 Å². The normalized spacial score (nSPS) is 12.1. The molecule has 0 radical (unpaired) electrons. The number of aromatic amines is 1. The van der Waals surface area contributed by atoms with Crippen LogP contribution in [0.5, 0.6) is 0 Å². The Labute approximate surface area is 215 Å². The summed E-state index contributed by atoms with van der Waals surface area (Å²) >= 11 is 0. The minimum atomic E-state index is -4.51. The molecule has 7 nitrogen and oxygen atoms in total. The fourth-order valence-electron chi connectivity index (χ4n) is 4.35. The summed E-state index contributed by atoms with van der Waals surface area (Å²) in [4.78, 5) is 20.1. The number of aromatic nitrogens is 3. The first-order valence-corrected chi connectivity index (χ1v) is 12.7. The molecule has 0 saturated heterocycles. The number of carbonyl (C=O) groups excluding carboxylic acids is 1. The van der Waals surface area contributed by atoms with Crippen molar-refractivity contribution in [2.24, 2.45) is 0 Å². The predicted molar refractivity (Wildman–Crippen MR) is 135 cm³/mol. The van der Waals surface area contributed by atoms with Crippen LogP contribution in [0.25, 0.3) is 33.5 Å². The first kappa shape index (κ1) is 25.3. The molecule has 0 aliphatic heterocycles. The minimum absolute atomic E-state index is 0.0950. The van der Waals surface area contributed by atoms with Gasteiger partial charge in [-0.2, -0.15) is 13.2 Å². The summed E-state index contributed by atoms with van der Waals surface area (Å²) in [7, 11) is -2.72. The van der Waals surface area contributed by atoms with E-state index in [1.807, 2.05) is 0 Å². The van der Waals surface area contributed by atoms with Crippen LogP contribution in [0.4, 0.5) is 13.2 Å². The molecule has 0 fully saturated rings. The molecule has 0 aliphatic rings. The van der Waals surface area contributed by atoms with Crippen molar-refractivity contribution in [3.05, 3.63) is 95.8 Å². The third-order valence-corrected chi connectivity index (χ3v) is 7.87. The zero-order valence-electron chi connectivity index (χ0n) is 20.1. The van der Waals surface area contributed by atoms with Crippen molar-refractivity contribution in [3.8, 4) is 22.5 Å². The van der Waals surface area contributed by atoms with Gasteiger partial charge in [-0.25, -0.2) is 22.2 Å². The highest BCUT2D eigenvalue weighted by Crippen LogP contribution is 2.37. The van der Waals surface area contributed by atoms with E-state index in [1.165, 1.54) is 50.7 Å². The molecule has 1 N–H and O–H groups in total. The topological polar surface area (TPSA) is 94.0 Å². The smallest absolute Gasteiger partial charge is 0.416 e. The highest BCUT2D eigenvalue weighted by molar-refractivity contribution is 7.90. The van der Waals surface area contributed by atoms with E-state index in [4.69, 9.17) is 4.74 Å². The monoisotopic (exact) mass is 539 g/mol. The predicted octanol–water partition coefficient (Wildman–Crippen LogP) is 6.05. The molecule has 2 aromatic carbocycles. The molecule has 0 saturated carbocycles. The molecule has 38 heavy (non-hydrogen) atoms. The van der Waals surface area contributed by atoms with Crippen LogP contribution in [0.15, 0.2) is 84.0 Å².